The fourth-order valence-corrected chi connectivity index (χ4v) is 3.58. The van der Waals surface area contributed by atoms with Crippen LogP contribution in [0.5, 0.6) is 28.7 Å². The number of hydrogen-bond donors (Lipinski definition) is 2. The summed E-state index contributed by atoms with van der Waals surface area (Å²) in [5.74, 6) is 0.551. The topological polar surface area (TPSA) is 98.9 Å². The minimum atomic E-state index is -4.66. The van der Waals surface area contributed by atoms with Gasteiger partial charge in [0.15, 0.2) is 11.2 Å². The lowest BCUT2D eigenvalue weighted by Crippen LogP contribution is -2.18. The lowest BCUT2D eigenvalue weighted by atomic mass is 10.1. The molecule has 0 spiro atoms. The lowest BCUT2D eigenvalue weighted by Gasteiger charge is -2.16. The Labute approximate surface area is 208 Å². The Balaban J connectivity index is 1.73. The average Bonchev–Trinajstić information content (AvgIpc) is 2.88. The van der Waals surface area contributed by atoms with Gasteiger partial charge in [0.25, 0.3) is 5.91 Å². The fourth-order valence-electron chi connectivity index (χ4n) is 3.58. The molecule has 3 aromatic carbocycles. The predicted octanol–water partition coefficient (Wildman–Crippen LogP) is 5.62. The van der Waals surface area contributed by atoms with Crippen molar-refractivity contribution in [1.82, 2.24) is 4.98 Å². The quantitative estimate of drug-likeness (QED) is 0.332. The van der Waals surface area contributed by atoms with Gasteiger partial charge >= 0.3 is 6.18 Å². The minimum Gasteiger partial charge on any atom is -0.497 e. The van der Waals surface area contributed by atoms with Crippen molar-refractivity contribution >= 4 is 22.5 Å². The Bertz CT molecular complexity index is 1510. The predicted molar refractivity (Wildman–Crippen MR) is 130 cm³/mol. The van der Waals surface area contributed by atoms with E-state index in [0.717, 1.165) is 24.3 Å². The normalized spacial score (nSPS) is 11.2. The third kappa shape index (κ3) is 5.45. The van der Waals surface area contributed by atoms with Crippen molar-refractivity contribution in [3.05, 3.63) is 82.1 Å². The molecule has 37 heavy (non-hydrogen) atoms. The second-order valence-electron chi connectivity index (χ2n) is 7.74. The number of amides is 1. The maximum absolute atomic E-state index is 13.4. The second kappa shape index (κ2) is 10.1. The van der Waals surface area contributed by atoms with Gasteiger partial charge in [0.05, 0.1) is 43.5 Å². The van der Waals surface area contributed by atoms with Crippen LogP contribution >= 0.6 is 0 Å². The Kier molecular flexibility index (Phi) is 6.96. The zero-order chi connectivity index (χ0) is 26.7. The summed E-state index contributed by atoms with van der Waals surface area (Å²) in [7, 11) is 4.29. The fraction of sp³-hybridized carbons (Fsp3) is 0.154. The van der Waals surface area contributed by atoms with Gasteiger partial charge in [-0.25, -0.2) is 0 Å². The van der Waals surface area contributed by atoms with E-state index in [0.29, 0.717) is 17.2 Å². The number of benzene rings is 3. The van der Waals surface area contributed by atoms with E-state index in [1.807, 2.05) is 0 Å². The van der Waals surface area contributed by atoms with Crippen LogP contribution in [0.4, 0.5) is 18.9 Å². The number of methoxy groups -OCH3 is 3. The third-order valence-electron chi connectivity index (χ3n) is 5.41. The van der Waals surface area contributed by atoms with Gasteiger partial charge in [0.1, 0.15) is 28.7 Å². The minimum absolute atomic E-state index is 0.0435. The van der Waals surface area contributed by atoms with E-state index >= 15 is 0 Å². The van der Waals surface area contributed by atoms with Gasteiger partial charge in [-0.15, -0.1) is 0 Å². The van der Waals surface area contributed by atoms with Gasteiger partial charge in [-0.05, 0) is 42.5 Å². The standard InChI is InChI=1S/C26H21F3N2O6/c1-34-15-5-7-16(8-6-15)37-22-9-4-14(26(27,28)29)10-18(22)31-25(33)20-13-21(32)24-19(30-20)11-17(35-2)12-23(24)36-3/h4-13H,1-3H3,(H,30,32)(H,31,33). The first kappa shape index (κ1) is 25.4. The highest BCUT2D eigenvalue weighted by atomic mass is 19.4. The highest BCUT2D eigenvalue weighted by Crippen LogP contribution is 2.37. The SMILES string of the molecule is COc1ccc(Oc2ccc(C(F)(F)F)cc2NC(=O)c2cc(=O)c3c(OC)cc(OC)cc3[nH]2)cc1. The summed E-state index contributed by atoms with van der Waals surface area (Å²) >= 11 is 0. The van der Waals surface area contributed by atoms with Crippen molar-refractivity contribution in [2.24, 2.45) is 0 Å². The van der Waals surface area contributed by atoms with E-state index in [1.54, 1.807) is 24.3 Å². The number of alkyl halides is 3. The molecule has 0 aliphatic heterocycles. The third-order valence-corrected chi connectivity index (χ3v) is 5.41. The Morgan fingerprint density at radius 1 is 0.811 bits per heavy atom. The summed E-state index contributed by atoms with van der Waals surface area (Å²) in [6.45, 7) is 0. The smallest absolute Gasteiger partial charge is 0.416 e. The van der Waals surface area contributed by atoms with E-state index in [9.17, 15) is 22.8 Å². The van der Waals surface area contributed by atoms with Crippen molar-refractivity contribution in [3.8, 4) is 28.7 Å². The summed E-state index contributed by atoms with van der Waals surface area (Å²) in [5, 5.41) is 2.59. The summed E-state index contributed by atoms with van der Waals surface area (Å²) in [5.41, 5.74) is -1.73. The Morgan fingerprint density at radius 3 is 2.11 bits per heavy atom. The second-order valence-corrected chi connectivity index (χ2v) is 7.74. The number of aromatic amines is 1. The molecule has 0 saturated carbocycles. The van der Waals surface area contributed by atoms with Crippen molar-refractivity contribution < 1.29 is 36.9 Å². The molecule has 0 radical (unpaired) electrons. The molecule has 11 heteroatoms. The van der Waals surface area contributed by atoms with Crippen molar-refractivity contribution in [3.63, 3.8) is 0 Å². The summed E-state index contributed by atoms with van der Waals surface area (Å²) in [6.07, 6.45) is -4.66. The average molecular weight is 514 g/mol. The molecule has 0 atom stereocenters. The molecule has 0 aliphatic rings. The summed E-state index contributed by atoms with van der Waals surface area (Å²) in [4.78, 5) is 28.7. The number of pyridine rings is 1. The summed E-state index contributed by atoms with van der Waals surface area (Å²) < 4.78 is 61.5. The number of carbonyl (C=O) groups is 1. The molecule has 2 N–H and O–H groups in total. The van der Waals surface area contributed by atoms with E-state index in [4.69, 9.17) is 18.9 Å². The number of hydrogen-bond acceptors (Lipinski definition) is 6. The molecule has 4 aromatic rings. The first-order valence-electron chi connectivity index (χ1n) is 10.8. The number of anilines is 1. The van der Waals surface area contributed by atoms with Gasteiger partial charge in [-0.3, -0.25) is 9.59 Å². The molecule has 4 rings (SSSR count). The van der Waals surface area contributed by atoms with Crippen LogP contribution in [0.3, 0.4) is 0 Å². The van der Waals surface area contributed by atoms with Crippen molar-refractivity contribution in [1.29, 1.82) is 0 Å². The molecule has 8 nitrogen and oxygen atoms in total. The van der Waals surface area contributed by atoms with Crippen molar-refractivity contribution in [2.75, 3.05) is 26.6 Å². The van der Waals surface area contributed by atoms with Gasteiger partial charge in [0.2, 0.25) is 0 Å². The van der Waals surface area contributed by atoms with Crippen LogP contribution in [0.2, 0.25) is 0 Å². The Hall–Kier alpha value is -4.67. The number of aromatic nitrogens is 1. The van der Waals surface area contributed by atoms with Crippen LogP contribution in [0.1, 0.15) is 16.1 Å². The molecular formula is C26H21F3N2O6. The molecule has 0 aliphatic carbocycles. The molecule has 1 heterocycles. The van der Waals surface area contributed by atoms with Crippen molar-refractivity contribution in [2.45, 2.75) is 6.18 Å². The highest BCUT2D eigenvalue weighted by molar-refractivity contribution is 6.05. The zero-order valence-electron chi connectivity index (χ0n) is 19.9. The van der Waals surface area contributed by atoms with E-state index in [-0.39, 0.29) is 33.8 Å². The molecule has 0 bridgehead atoms. The highest BCUT2D eigenvalue weighted by Gasteiger charge is 2.31. The number of rotatable bonds is 7. The lowest BCUT2D eigenvalue weighted by molar-refractivity contribution is -0.137. The Morgan fingerprint density at radius 2 is 1.49 bits per heavy atom. The number of H-pyrrole nitrogens is 1. The molecular weight excluding hydrogens is 493 g/mol. The maximum atomic E-state index is 13.4. The van der Waals surface area contributed by atoms with Gasteiger partial charge in [-0.2, -0.15) is 13.2 Å². The number of halogens is 3. The number of ether oxygens (including phenoxy) is 4. The van der Waals surface area contributed by atoms with Gasteiger partial charge in [-0.1, -0.05) is 0 Å². The first-order chi connectivity index (χ1) is 17.6. The van der Waals surface area contributed by atoms with Crippen LogP contribution in [-0.2, 0) is 6.18 Å². The number of carbonyl (C=O) groups excluding carboxylic acids is 1. The van der Waals surface area contributed by atoms with E-state index < -0.39 is 23.1 Å². The van der Waals surface area contributed by atoms with Crippen LogP contribution < -0.4 is 29.7 Å². The van der Waals surface area contributed by atoms with Gasteiger partial charge < -0.3 is 29.2 Å². The van der Waals surface area contributed by atoms with Crippen LogP contribution in [0.15, 0.2) is 65.5 Å². The zero-order valence-corrected chi connectivity index (χ0v) is 19.9. The van der Waals surface area contributed by atoms with E-state index in [1.165, 1.54) is 33.5 Å². The monoisotopic (exact) mass is 514 g/mol. The van der Waals surface area contributed by atoms with Crippen LogP contribution in [0, 0.1) is 0 Å². The van der Waals surface area contributed by atoms with Crippen LogP contribution in [0.25, 0.3) is 10.9 Å². The van der Waals surface area contributed by atoms with Crippen LogP contribution in [-0.4, -0.2) is 32.2 Å². The number of fused-ring (bicyclic) bond motifs is 1. The molecule has 0 saturated heterocycles. The maximum Gasteiger partial charge on any atom is 0.416 e. The molecule has 1 amide bonds. The first-order valence-corrected chi connectivity index (χ1v) is 10.8. The van der Waals surface area contributed by atoms with Gasteiger partial charge in [0, 0.05) is 18.2 Å². The molecule has 0 unspecified atom stereocenters. The van der Waals surface area contributed by atoms with E-state index in [2.05, 4.69) is 10.3 Å². The summed E-state index contributed by atoms with van der Waals surface area (Å²) in [6, 6.07) is 13.1. The number of nitrogens with one attached hydrogen (secondary N) is 2. The molecule has 0 fully saturated rings. The molecule has 1 aromatic heterocycles. The largest absolute Gasteiger partial charge is 0.497 e. The molecule has 192 valence electrons.